The van der Waals surface area contributed by atoms with E-state index in [9.17, 15) is 13.2 Å². The van der Waals surface area contributed by atoms with Crippen molar-refractivity contribution in [1.82, 2.24) is 9.88 Å². The van der Waals surface area contributed by atoms with Gasteiger partial charge in [-0.1, -0.05) is 6.08 Å². The molecule has 1 aromatic carbocycles. The first-order chi connectivity index (χ1) is 9.91. The van der Waals surface area contributed by atoms with Crippen LogP contribution in [0.5, 0.6) is 0 Å². The minimum absolute atomic E-state index is 0.00330. The van der Waals surface area contributed by atoms with E-state index < -0.39 is 11.7 Å². The van der Waals surface area contributed by atoms with Crippen LogP contribution in [0.25, 0.3) is 11.1 Å². The highest BCUT2D eigenvalue weighted by atomic mass is 19.4. The summed E-state index contributed by atoms with van der Waals surface area (Å²) in [5, 5.41) is 0. The van der Waals surface area contributed by atoms with Gasteiger partial charge in [0, 0.05) is 30.4 Å². The van der Waals surface area contributed by atoms with Crippen LogP contribution in [0, 0.1) is 0 Å². The lowest BCUT2D eigenvalue weighted by molar-refractivity contribution is -0.0961. The van der Waals surface area contributed by atoms with E-state index in [2.05, 4.69) is 4.98 Å². The summed E-state index contributed by atoms with van der Waals surface area (Å²) in [4.78, 5) is 6.17. The van der Waals surface area contributed by atoms with Crippen LogP contribution in [-0.2, 0) is 6.54 Å². The van der Waals surface area contributed by atoms with Crippen molar-refractivity contribution >= 4 is 16.8 Å². The lowest BCUT2D eigenvalue weighted by atomic mass is 10.1. The number of nitrogens with two attached hydrogens (primary N) is 1. The minimum Gasteiger partial charge on any atom is -0.439 e. The van der Waals surface area contributed by atoms with Gasteiger partial charge in [-0.25, -0.2) is 4.98 Å². The highest BCUT2D eigenvalue weighted by molar-refractivity contribution is 5.76. The number of aromatic nitrogens is 1. The van der Waals surface area contributed by atoms with Crippen LogP contribution in [0.15, 0.2) is 34.3 Å². The molecule has 1 aliphatic rings. The Balaban J connectivity index is 1.71. The first-order valence-electron chi connectivity index (χ1n) is 6.55. The molecular weight excluding hydrogens is 283 g/mol. The molecule has 1 aromatic heterocycles. The van der Waals surface area contributed by atoms with Crippen molar-refractivity contribution in [2.45, 2.75) is 19.1 Å². The number of nitrogens with zero attached hydrogens (tertiary/aromatic N) is 2. The molecule has 0 aliphatic carbocycles. The number of hydrogen-bond acceptors (Lipinski definition) is 4. The predicted molar refractivity (Wildman–Crippen MR) is 72.5 cm³/mol. The maximum Gasteiger partial charge on any atom is 0.412 e. The van der Waals surface area contributed by atoms with E-state index in [-0.39, 0.29) is 13.0 Å². The average molecular weight is 297 g/mol. The Morgan fingerprint density at radius 1 is 1.33 bits per heavy atom. The van der Waals surface area contributed by atoms with E-state index in [4.69, 9.17) is 10.2 Å². The van der Waals surface area contributed by atoms with Gasteiger partial charge in [-0.05, 0) is 18.6 Å². The number of oxazole rings is 1. The summed E-state index contributed by atoms with van der Waals surface area (Å²) in [6.45, 7) is 0.970. The Bertz CT molecular complexity index is 690. The van der Waals surface area contributed by atoms with Crippen molar-refractivity contribution in [3.63, 3.8) is 0 Å². The van der Waals surface area contributed by atoms with Gasteiger partial charge in [0.15, 0.2) is 5.58 Å². The zero-order valence-electron chi connectivity index (χ0n) is 11.2. The second-order valence-electron chi connectivity index (χ2n) is 5.05. The molecule has 0 spiro atoms. The molecule has 112 valence electrons. The van der Waals surface area contributed by atoms with E-state index in [0.29, 0.717) is 35.8 Å². The standard InChI is InChI=1S/C14H14F3N3O/c15-14(16,17)9-3-5-20(6-4-9)8-13-19-11-2-1-10(18)7-12(11)21-13/h1-3,7H,4-6,8,18H2. The Morgan fingerprint density at radius 3 is 2.81 bits per heavy atom. The smallest absolute Gasteiger partial charge is 0.412 e. The second-order valence-corrected chi connectivity index (χ2v) is 5.05. The third kappa shape index (κ3) is 3.02. The molecule has 2 heterocycles. The summed E-state index contributed by atoms with van der Waals surface area (Å²) >= 11 is 0. The maximum atomic E-state index is 12.5. The quantitative estimate of drug-likeness (QED) is 0.683. The van der Waals surface area contributed by atoms with Gasteiger partial charge >= 0.3 is 6.18 Å². The molecule has 0 saturated heterocycles. The molecule has 7 heteroatoms. The van der Waals surface area contributed by atoms with Gasteiger partial charge < -0.3 is 10.2 Å². The number of halogens is 3. The third-order valence-corrected chi connectivity index (χ3v) is 3.47. The lowest BCUT2D eigenvalue weighted by Gasteiger charge is -2.25. The zero-order chi connectivity index (χ0) is 15.0. The fourth-order valence-electron chi connectivity index (χ4n) is 2.36. The summed E-state index contributed by atoms with van der Waals surface area (Å²) in [6, 6.07) is 5.17. The van der Waals surface area contributed by atoms with Gasteiger partial charge in [-0.2, -0.15) is 13.2 Å². The molecule has 1 aliphatic heterocycles. The molecule has 0 bridgehead atoms. The molecule has 21 heavy (non-hydrogen) atoms. The van der Waals surface area contributed by atoms with Gasteiger partial charge in [0.2, 0.25) is 5.89 Å². The second kappa shape index (κ2) is 5.07. The fourth-order valence-corrected chi connectivity index (χ4v) is 2.36. The molecule has 4 nitrogen and oxygen atoms in total. The lowest BCUT2D eigenvalue weighted by Crippen LogP contribution is -2.31. The first kappa shape index (κ1) is 13.9. The van der Waals surface area contributed by atoms with E-state index in [1.165, 1.54) is 6.08 Å². The van der Waals surface area contributed by atoms with Crippen LogP contribution >= 0.6 is 0 Å². The third-order valence-electron chi connectivity index (χ3n) is 3.47. The summed E-state index contributed by atoms with van der Waals surface area (Å²) in [6.07, 6.45) is -3.00. The molecule has 3 rings (SSSR count). The fraction of sp³-hybridized carbons (Fsp3) is 0.357. The SMILES string of the molecule is Nc1ccc2nc(CN3CC=C(C(F)(F)F)CC3)oc2c1. The van der Waals surface area contributed by atoms with E-state index >= 15 is 0 Å². The highest BCUT2D eigenvalue weighted by Crippen LogP contribution is 2.30. The normalized spacial score (nSPS) is 17.2. The minimum atomic E-state index is -4.22. The summed E-state index contributed by atoms with van der Waals surface area (Å²) < 4.78 is 43.2. The molecule has 0 fully saturated rings. The van der Waals surface area contributed by atoms with Crippen LogP contribution in [0.1, 0.15) is 12.3 Å². The molecular formula is C14H14F3N3O. The summed E-state index contributed by atoms with van der Waals surface area (Å²) in [5.41, 5.74) is 7.08. The topological polar surface area (TPSA) is 55.3 Å². The van der Waals surface area contributed by atoms with Crippen LogP contribution in [0.2, 0.25) is 0 Å². The molecule has 0 radical (unpaired) electrons. The van der Waals surface area contributed by atoms with Crippen molar-refractivity contribution in [3.05, 3.63) is 35.7 Å². The first-order valence-corrected chi connectivity index (χ1v) is 6.55. The number of benzene rings is 1. The number of rotatable bonds is 2. The van der Waals surface area contributed by atoms with Crippen molar-refractivity contribution in [2.24, 2.45) is 0 Å². The average Bonchev–Trinajstić information content (AvgIpc) is 2.79. The molecule has 0 amide bonds. The van der Waals surface area contributed by atoms with Crippen LogP contribution in [0.3, 0.4) is 0 Å². The number of alkyl halides is 3. The Labute approximate surface area is 119 Å². The van der Waals surface area contributed by atoms with Crippen molar-refractivity contribution in [3.8, 4) is 0 Å². The number of anilines is 1. The summed E-state index contributed by atoms with van der Waals surface area (Å²) in [7, 11) is 0. The van der Waals surface area contributed by atoms with Crippen molar-refractivity contribution in [1.29, 1.82) is 0 Å². The van der Waals surface area contributed by atoms with Gasteiger partial charge in [0.1, 0.15) is 5.52 Å². The zero-order valence-corrected chi connectivity index (χ0v) is 11.2. The monoisotopic (exact) mass is 297 g/mol. The van der Waals surface area contributed by atoms with Gasteiger partial charge in [-0.3, -0.25) is 4.90 Å². The molecule has 0 saturated carbocycles. The van der Waals surface area contributed by atoms with Crippen LogP contribution in [0.4, 0.5) is 18.9 Å². The number of nitrogen functional groups attached to an aromatic ring is 1. The van der Waals surface area contributed by atoms with Crippen LogP contribution in [-0.4, -0.2) is 29.1 Å². The summed E-state index contributed by atoms with van der Waals surface area (Å²) in [5.74, 6) is 0.486. The van der Waals surface area contributed by atoms with Crippen LogP contribution < -0.4 is 5.73 Å². The van der Waals surface area contributed by atoms with E-state index in [0.717, 1.165) is 0 Å². The van der Waals surface area contributed by atoms with Crippen molar-refractivity contribution < 1.29 is 17.6 Å². The van der Waals surface area contributed by atoms with E-state index in [1.54, 1.807) is 18.2 Å². The Hall–Kier alpha value is -2.02. The van der Waals surface area contributed by atoms with E-state index in [1.807, 2.05) is 4.90 Å². The van der Waals surface area contributed by atoms with Gasteiger partial charge in [0.25, 0.3) is 0 Å². The maximum absolute atomic E-state index is 12.5. The molecule has 2 aromatic rings. The molecule has 2 N–H and O–H groups in total. The molecule has 0 unspecified atom stereocenters. The number of fused-ring (bicyclic) bond motifs is 1. The van der Waals surface area contributed by atoms with Gasteiger partial charge in [-0.15, -0.1) is 0 Å². The Morgan fingerprint density at radius 2 is 2.14 bits per heavy atom. The molecule has 0 atom stereocenters. The highest BCUT2D eigenvalue weighted by Gasteiger charge is 2.34. The largest absolute Gasteiger partial charge is 0.439 e. The predicted octanol–water partition coefficient (Wildman–Crippen LogP) is 3.10. The van der Waals surface area contributed by atoms with Crippen molar-refractivity contribution in [2.75, 3.05) is 18.8 Å². The Kier molecular flexibility index (Phi) is 3.36. The number of hydrogen-bond donors (Lipinski definition) is 1. The van der Waals surface area contributed by atoms with Gasteiger partial charge in [0.05, 0.1) is 6.54 Å².